The highest BCUT2D eigenvalue weighted by atomic mass is 79.9. The molecule has 0 unspecified atom stereocenters. The van der Waals surface area contributed by atoms with Crippen LogP contribution in [0.25, 0.3) is 0 Å². The fourth-order valence-corrected chi connectivity index (χ4v) is 2.53. The Labute approximate surface area is 101 Å². The van der Waals surface area contributed by atoms with Crippen molar-refractivity contribution < 1.29 is 8.78 Å². The molecule has 0 saturated carbocycles. The molecule has 0 amide bonds. The molecular formula is C10H14BrF2NS. The van der Waals surface area contributed by atoms with Crippen molar-refractivity contribution in [3.05, 3.63) is 22.4 Å². The maximum atomic E-state index is 12.2. The molecule has 1 aromatic heterocycles. The quantitative estimate of drug-likeness (QED) is 0.698. The van der Waals surface area contributed by atoms with Gasteiger partial charge in [-0.2, -0.15) is 0 Å². The molecule has 0 bridgehead atoms. The molecule has 0 aliphatic rings. The molecule has 0 spiro atoms. The molecule has 1 rings (SSSR count). The van der Waals surface area contributed by atoms with Crippen molar-refractivity contribution in [2.75, 3.05) is 25.0 Å². The van der Waals surface area contributed by atoms with Gasteiger partial charge in [-0.25, -0.2) is 8.78 Å². The monoisotopic (exact) mass is 297 g/mol. The van der Waals surface area contributed by atoms with Crippen LogP contribution in [0.15, 0.2) is 17.5 Å². The van der Waals surface area contributed by atoms with Crippen molar-refractivity contribution in [3.8, 4) is 0 Å². The van der Waals surface area contributed by atoms with E-state index in [1.807, 2.05) is 17.5 Å². The molecule has 1 aromatic rings. The van der Waals surface area contributed by atoms with Gasteiger partial charge in [0.15, 0.2) is 0 Å². The molecule has 15 heavy (non-hydrogen) atoms. The number of halogens is 3. The average Bonchev–Trinajstić information content (AvgIpc) is 2.66. The first kappa shape index (κ1) is 13.1. The zero-order chi connectivity index (χ0) is 11.1. The molecule has 0 aromatic carbocycles. The van der Waals surface area contributed by atoms with Gasteiger partial charge in [-0.1, -0.05) is 22.0 Å². The van der Waals surface area contributed by atoms with Crippen LogP contribution < -0.4 is 0 Å². The summed E-state index contributed by atoms with van der Waals surface area (Å²) in [7, 11) is 0. The van der Waals surface area contributed by atoms with E-state index in [1.54, 1.807) is 16.2 Å². The lowest BCUT2D eigenvalue weighted by molar-refractivity contribution is 0.0920. The van der Waals surface area contributed by atoms with E-state index in [0.717, 1.165) is 11.8 Å². The van der Waals surface area contributed by atoms with E-state index in [2.05, 4.69) is 15.9 Å². The molecule has 0 aliphatic carbocycles. The Morgan fingerprint density at radius 1 is 1.40 bits per heavy atom. The van der Waals surface area contributed by atoms with Crippen molar-refractivity contribution in [2.24, 2.45) is 0 Å². The third kappa shape index (κ3) is 5.58. The summed E-state index contributed by atoms with van der Waals surface area (Å²) >= 11 is 4.95. The van der Waals surface area contributed by atoms with Crippen LogP contribution in [0, 0.1) is 0 Å². The molecule has 86 valence electrons. The van der Waals surface area contributed by atoms with E-state index >= 15 is 0 Å². The Kier molecular flexibility index (Phi) is 6.36. The minimum atomic E-state index is -2.24. The summed E-state index contributed by atoms with van der Waals surface area (Å²) in [5.41, 5.74) is 0. The van der Waals surface area contributed by atoms with E-state index < -0.39 is 6.43 Å². The van der Waals surface area contributed by atoms with Gasteiger partial charge >= 0.3 is 0 Å². The largest absolute Gasteiger partial charge is 0.297 e. The Bertz CT molecular complexity index is 254. The van der Waals surface area contributed by atoms with Crippen LogP contribution >= 0.6 is 27.3 Å². The van der Waals surface area contributed by atoms with Gasteiger partial charge in [-0.15, -0.1) is 11.3 Å². The molecule has 0 saturated heterocycles. The molecule has 0 aliphatic heterocycles. The van der Waals surface area contributed by atoms with Crippen LogP contribution in [0.5, 0.6) is 0 Å². The minimum absolute atomic E-state index is 0.128. The summed E-state index contributed by atoms with van der Waals surface area (Å²) < 4.78 is 24.4. The van der Waals surface area contributed by atoms with E-state index in [0.29, 0.717) is 13.1 Å². The fraction of sp³-hybridized carbons (Fsp3) is 0.600. The number of hydrogen-bond donors (Lipinski definition) is 0. The zero-order valence-electron chi connectivity index (χ0n) is 8.33. The van der Waals surface area contributed by atoms with Gasteiger partial charge < -0.3 is 0 Å². The molecule has 1 nitrogen and oxygen atoms in total. The van der Waals surface area contributed by atoms with E-state index in [9.17, 15) is 8.78 Å². The van der Waals surface area contributed by atoms with Crippen LogP contribution in [0.4, 0.5) is 8.78 Å². The predicted octanol–water partition coefficient (Wildman–Crippen LogP) is 3.25. The second-order valence-electron chi connectivity index (χ2n) is 3.21. The van der Waals surface area contributed by atoms with Crippen molar-refractivity contribution in [3.63, 3.8) is 0 Å². The fourth-order valence-electron chi connectivity index (χ4n) is 1.33. The van der Waals surface area contributed by atoms with Gasteiger partial charge in [0.05, 0.1) is 6.54 Å². The standard InChI is InChI=1S/C10H14BrF2NS/c11-4-6-14(8-10(12)13)5-3-9-2-1-7-15-9/h1-2,7,10H,3-6,8H2. The first-order valence-electron chi connectivity index (χ1n) is 4.81. The Hall–Kier alpha value is -0.0000000000000000833. The number of nitrogens with zero attached hydrogens (tertiary/aromatic N) is 1. The smallest absolute Gasteiger partial charge is 0.251 e. The highest BCUT2D eigenvalue weighted by Crippen LogP contribution is 2.10. The maximum absolute atomic E-state index is 12.2. The number of thiophene rings is 1. The van der Waals surface area contributed by atoms with Crippen LogP contribution in [0.2, 0.25) is 0 Å². The molecule has 0 radical (unpaired) electrons. The van der Waals surface area contributed by atoms with Crippen LogP contribution in [-0.4, -0.2) is 36.3 Å². The molecule has 0 N–H and O–H groups in total. The normalized spacial score (nSPS) is 11.5. The zero-order valence-corrected chi connectivity index (χ0v) is 10.7. The molecular weight excluding hydrogens is 284 g/mol. The van der Waals surface area contributed by atoms with Crippen LogP contribution in [0.1, 0.15) is 4.88 Å². The van der Waals surface area contributed by atoms with Crippen molar-refractivity contribution in [2.45, 2.75) is 12.8 Å². The lowest BCUT2D eigenvalue weighted by atomic mass is 10.3. The maximum Gasteiger partial charge on any atom is 0.251 e. The van der Waals surface area contributed by atoms with Gasteiger partial charge in [0.25, 0.3) is 6.43 Å². The van der Waals surface area contributed by atoms with Gasteiger partial charge in [0.2, 0.25) is 0 Å². The van der Waals surface area contributed by atoms with Crippen LogP contribution in [-0.2, 0) is 6.42 Å². The summed E-state index contributed by atoms with van der Waals surface area (Å²) in [5, 5.41) is 2.75. The third-order valence-electron chi connectivity index (χ3n) is 2.05. The average molecular weight is 298 g/mol. The van der Waals surface area contributed by atoms with Crippen LogP contribution in [0.3, 0.4) is 0 Å². The second kappa shape index (κ2) is 7.30. The van der Waals surface area contributed by atoms with Crippen molar-refractivity contribution in [1.29, 1.82) is 0 Å². The Balaban J connectivity index is 2.30. The summed E-state index contributed by atoms with van der Waals surface area (Å²) in [5.74, 6) is 0. The molecule has 0 fully saturated rings. The van der Waals surface area contributed by atoms with E-state index in [1.165, 1.54) is 4.88 Å². The summed E-state index contributed by atoms with van der Waals surface area (Å²) in [6, 6.07) is 4.03. The van der Waals surface area contributed by atoms with Crippen molar-refractivity contribution in [1.82, 2.24) is 4.90 Å². The summed E-state index contributed by atoms with van der Waals surface area (Å²) in [6.07, 6.45) is -1.38. The molecule has 5 heteroatoms. The minimum Gasteiger partial charge on any atom is -0.297 e. The highest BCUT2D eigenvalue weighted by Gasteiger charge is 2.11. The Morgan fingerprint density at radius 2 is 2.20 bits per heavy atom. The summed E-state index contributed by atoms with van der Waals surface area (Å²) in [4.78, 5) is 3.04. The second-order valence-corrected chi connectivity index (χ2v) is 5.04. The SMILES string of the molecule is FC(F)CN(CCBr)CCc1cccs1. The lowest BCUT2D eigenvalue weighted by Crippen LogP contribution is -2.32. The number of hydrogen-bond acceptors (Lipinski definition) is 2. The first-order valence-corrected chi connectivity index (χ1v) is 6.81. The summed E-state index contributed by atoms with van der Waals surface area (Å²) in [6.45, 7) is 1.25. The number of rotatable bonds is 7. The van der Waals surface area contributed by atoms with Gasteiger partial charge in [0.1, 0.15) is 0 Å². The van der Waals surface area contributed by atoms with Gasteiger partial charge in [-0.05, 0) is 17.9 Å². The van der Waals surface area contributed by atoms with Crippen molar-refractivity contribution >= 4 is 27.3 Å². The predicted molar refractivity (Wildman–Crippen MR) is 64.3 cm³/mol. The Morgan fingerprint density at radius 3 is 2.73 bits per heavy atom. The van der Waals surface area contributed by atoms with E-state index in [-0.39, 0.29) is 6.54 Å². The lowest BCUT2D eigenvalue weighted by Gasteiger charge is -2.20. The highest BCUT2D eigenvalue weighted by molar-refractivity contribution is 9.09. The van der Waals surface area contributed by atoms with Gasteiger partial charge in [-0.3, -0.25) is 4.90 Å². The topological polar surface area (TPSA) is 3.24 Å². The van der Waals surface area contributed by atoms with E-state index in [4.69, 9.17) is 0 Å². The molecule has 0 atom stereocenters. The third-order valence-corrected chi connectivity index (χ3v) is 3.34. The van der Waals surface area contributed by atoms with Gasteiger partial charge in [0, 0.05) is 23.3 Å². The first-order chi connectivity index (χ1) is 7.22. The number of alkyl halides is 3. The molecule has 1 heterocycles.